The van der Waals surface area contributed by atoms with Gasteiger partial charge in [-0.25, -0.2) is 0 Å². The highest BCUT2D eigenvalue weighted by Gasteiger charge is 2.36. The van der Waals surface area contributed by atoms with E-state index in [9.17, 15) is 13.2 Å². The van der Waals surface area contributed by atoms with Crippen LogP contribution in [0.4, 0.5) is 13.2 Å². The molecule has 1 N–H and O–H groups in total. The molecular formula is C16H24Cl3F3N2. The summed E-state index contributed by atoms with van der Waals surface area (Å²) in [7, 11) is 0. The number of hydrogen-bond acceptors (Lipinski definition) is 2. The first kappa shape index (κ1) is 23.8. The first-order chi connectivity index (χ1) is 10.1. The zero-order valence-corrected chi connectivity index (χ0v) is 16.3. The maximum absolute atomic E-state index is 13.1. The lowest BCUT2D eigenvalue weighted by molar-refractivity contribution is -0.137. The molecule has 140 valence electrons. The maximum atomic E-state index is 13.1. The van der Waals surface area contributed by atoms with Crippen molar-refractivity contribution in [1.82, 2.24) is 10.2 Å². The molecular weight excluding hydrogens is 384 g/mol. The van der Waals surface area contributed by atoms with Crippen LogP contribution in [0.5, 0.6) is 0 Å². The second-order valence-electron chi connectivity index (χ2n) is 6.83. The molecule has 2 rings (SSSR count). The molecule has 2 nitrogen and oxygen atoms in total. The van der Waals surface area contributed by atoms with E-state index >= 15 is 0 Å². The van der Waals surface area contributed by atoms with Crippen molar-refractivity contribution in [2.75, 3.05) is 26.2 Å². The van der Waals surface area contributed by atoms with Crippen LogP contribution in [-0.4, -0.2) is 31.1 Å². The molecule has 0 unspecified atom stereocenters. The van der Waals surface area contributed by atoms with E-state index in [1.807, 2.05) is 20.8 Å². The van der Waals surface area contributed by atoms with E-state index in [1.54, 1.807) is 6.07 Å². The highest BCUT2D eigenvalue weighted by Crippen LogP contribution is 2.41. The minimum Gasteiger partial charge on any atom is -0.314 e. The quantitative estimate of drug-likeness (QED) is 0.725. The fourth-order valence-electron chi connectivity index (χ4n) is 3.13. The smallest absolute Gasteiger partial charge is 0.314 e. The van der Waals surface area contributed by atoms with Crippen LogP contribution in [0.25, 0.3) is 0 Å². The lowest BCUT2D eigenvalue weighted by Gasteiger charge is -2.42. The Bertz CT molecular complexity index is 524. The first-order valence-electron chi connectivity index (χ1n) is 7.41. The Morgan fingerprint density at radius 2 is 1.58 bits per heavy atom. The normalized spacial score (nSPS) is 17.6. The van der Waals surface area contributed by atoms with Crippen LogP contribution in [0.3, 0.4) is 0 Å². The van der Waals surface area contributed by atoms with Gasteiger partial charge in [0.15, 0.2) is 0 Å². The van der Waals surface area contributed by atoms with E-state index in [-0.39, 0.29) is 41.3 Å². The van der Waals surface area contributed by atoms with E-state index in [0.717, 1.165) is 32.2 Å². The molecule has 0 aromatic heterocycles. The molecule has 1 aromatic rings. The summed E-state index contributed by atoms with van der Waals surface area (Å²) >= 11 is 5.96. The summed E-state index contributed by atoms with van der Waals surface area (Å²) in [5, 5.41) is 3.41. The van der Waals surface area contributed by atoms with Crippen LogP contribution in [0, 0.1) is 5.41 Å². The third-order valence-electron chi connectivity index (χ3n) is 3.90. The third-order valence-corrected chi connectivity index (χ3v) is 4.12. The molecule has 1 atom stereocenters. The highest BCUT2D eigenvalue weighted by atomic mass is 35.5. The molecule has 1 fully saturated rings. The van der Waals surface area contributed by atoms with Crippen molar-refractivity contribution < 1.29 is 13.2 Å². The molecule has 24 heavy (non-hydrogen) atoms. The average Bonchev–Trinajstić information content (AvgIpc) is 2.36. The van der Waals surface area contributed by atoms with E-state index in [4.69, 9.17) is 11.6 Å². The Balaban J connectivity index is 0.00000264. The van der Waals surface area contributed by atoms with Crippen LogP contribution in [0.2, 0.25) is 5.02 Å². The van der Waals surface area contributed by atoms with Crippen molar-refractivity contribution in [3.05, 3.63) is 34.3 Å². The standard InChI is InChI=1S/C16H22ClF3N2.2ClH/c1-15(2,3)14(22-6-4-21-5-7-22)11-8-12(16(18,19)20)10-13(17)9-11;;/h8-10,14,21H,4-7H2,1-3H3;2*1H/t14-;;/m1../s1. The summed E-state index contributed by atoms with van der Waals surface area (Å²) in [6, 6.07) is 3.79. The minimum atomic E-state index is -4.38. The van der Waals surface area contributed by atoms with Gasteiger partial charge in [-0.15, -0.1) is 24.8 Å². The molecule has 0 aliphatic carbocycles. The second-order valence-corrected chi connectivity index (χ2v) is 7.26. The largest absolute Gasteiger partial charge is 0.416 e. The molecule has 1 aromatic carbocycles. The molecule has 0 amide bonds. The van der Waals surface area contributed by atoms with Crippen molar-refractivity contribution >= 4 is 36.4 Å². The lowest BCUT2D eigenvalue weighted by Crippen LogP contribution is -2.48. The molecule has 1 heterocycles. The van der Waals surface area contributed by atoms with Gasteiger partial charge in [0.25, 0.3) is 0 Å². The number of hydrogen-bond donors (Lipinski definition) is 1. The van der Waals surface area contributed by atoms with Crippen molar-refractivity contribution in [2.24, 2.45) is 5.41 Å². The van der Waals surface area contributed by atoms with Crippen LogP contribution in [0.1, 0.15) is 37.9 Å². The van der Waals surface area contributed by atoms with Gasteiger partial charge in [0, 0.05) is 37.2 Å². The van der Waals surface area contributed by atoms with Crippen LogP contribution >= 0.6 is 36.4 Å². The zero-order chi connectivity index (χ0) is 16.5. The molecule has 1 saturated heterocycles. The van der Waals surface area contributed by atoms with E-state index in [0.29, 0.717) is 5.56 Å². The van der Waals surface area contributed by atoms with Crippen LogP contribution in [0.15, 0.2) is 18.2 Å². The summed E-state index contributed by atoms with van der Waals surface area (Å²) < 4.78 is 39.2. The van der Waals surface area contributed by atoms with Crippen LogP contribution < -0.4 is 5.32 Å². The zero-order valence-electron chi connectivity index (χ0n) is 13.9. The lowest BCUT2D eigenvalue weighted by atomic mass is 9.80. The van der Waals surface area contributed by atoms with Gasteiger partial charge in [-0.3, -0.25) is 4.90 Å². The van der Waals surface area contributed by atoms with Gasteiger partial charge in [-0.05, 0) is 29.2 Å². The molecule has 0 bridgehead atoms. The van der Waals surface area contributed by atoms with E-state index in [1.165, 1.54) is 6.07 Å². The maximum Gasteiger partial charge on any atom is 0.416 e. The third kappa shape index (κ3) is 5.95. The topological polar surface area (TPSA) is 15.3 Å². The highest BCUT2D eigenvalue weighted by molar-refractivity contribution is 6.30. The predicted octanol–water partition coefficient (Wildman–Crippen LogP) is 5.19. The summed E-state index contributed by atoms with van der Waals surface area (Å²) in [5.74, 6) is 0. The Labute approximate surface area is 158 Å². The number of alkyl halides is 3. The Morgan fingerprint density at radius 1 is 1.04 bits per heavy atom. The number of benzene rings is 1. The van der Waals surface area contributed by atoms with Crippen molar-refractivity contribution in [3.63, 3.8) is 0 Å². The fourth-order valence-corrected chi connectivity index (χ4v) is 3.38. The molecule has 1 aliphatic heterocycles. The summed E-state index contributed by atoms with van der Waals surface area (Å²) in [6.45, 7) is 9.47. The molecule has 0 saturated carbocycles. The number of nitrogens with one attached hydrogen (secondary N) is 1. The SMILES string of the molecule is CC(C)(C)[C@@H](c1cc(Cl)cc(C(F)(F)F)c1)N1CCNCC1.Cl.Cl. The second kappa shape index (κ2) is 8.95. The summed E-state index contributed by atoms with van der Waals surface area (Å²) in [6.07, 6.45) is -4.38. The van der Waals surface area contributed by atoms with Crippen molar-refractivity contribution in [2.45, 2.75) is 33.0 Å². The Hall–Kier alpha value is -0.200. The Kier molecular flexibility index (Phi) is 8.87. The van der Waals surface area contributed by atoms with Gasteiger partial charge < -0.3 is 5.32 Å². The first-order valence-corrected chi connectivity index (χ1v) is 7.79. The monoisotopic (exact) mass is 406 g/mol. The van der Waals surface area contributed by atoms with Gasteiger partial charge in [0.05, 0.1) is 5.56 Å². The fraction of sp³-hybridized carbons (Fsp3) is 0.625. The van der Waals surface area contributed by atoms with E-state index < -0.39 is 11.7 Å². The van der Waals surface area contributed by atoms with Gasteiger partial charge >= 0.3 is 6.18 Å². The Morgan fingerprint density at radius 3 is 2.04 bits per heavy atom. The molecule has 0 radical (unpaired) electrons. The van der Waals surface area contributed by atoms with Gasteiger partial charge in [-0.1, -0.05) is 32.4 Å². The van der Waals surface area contributed by atoms with Gasteiger partial charge in [0.1, 0.15) is 0 Å². The summed E-state index contributed by atoms with van der Waals surface area (Å²) in [5.41, 5.74) is -0.237. The predicted molar refractivity (Wildman–Crippen MR) is 97.6 cm³/mol. The van der Waals surface area contributed by atoms with Crippen molar-refractivity contribution in [3.8, 4) is 0 Å². The number of piperazine rings is 1. The number of nitrogens with zero attached hydrogens (tertiary/aromatic N) is 1. The number of rotatable bonds is 2. The van der Waals surface area contributed by atoms with Crippen molar-refractivity contribution in [1.29, 1.82) is 0 Å². The molecule has 1 aliphatic rings. The summed E-state index contributed by atoms with van der Waals surface area (Å²) in [4.78, 5) is 2.24. The minimum absolute atomic E-state index is 0. The van der Waals surface area contributed by atoms with Gasteiger partial charge in [0.2, 0.25) is 0 Å². The molecule has 0 spiro atoms. The van der Waals surface area contributed by atoms with Crippen LogP contribution in [-0.2, 0) is 6.18 Å². The van der Waals surface area contributed by atoms with E-state index in [2.05, 4.69) is 10.2 Å². The average molecular weight is 408 g/mol. The van der Waals surface area contributed by atoms with Gasteiger partial charge in [-0.2, -0.15) is 13.2 Å². The molecule has 8 heteroatoms. The number of halogens is 6.